The number of hydrogen-bond donors (Lipinski definition) is 3. The van der Waals surface area contributed by atoms with Gasteiger partial charge in [-0.2, -0.15) is 0 Å². The standard InChI is InChI=1S/C13H22NO4P.BrH/c14-13(19(15,16)17)10-6-1-2-7-11-18-12-8-4-3-5-9-12;/h3-5,8-9,13H,1-2,6-7,10-11,14H2,(H2,15,16,17);1H/t13-;/m0./s1. The normalized spacial score (nSPS) is 12.6. The number of rotatable bonds is 9. The molecule has 0 bridgehead atoms. The van der Waals surface area contributed by atoms with Gasteiger partial charge in [-0.05, 0) is 25.0 Å². The molecule has 1 aromatic carbocycles. The van der Waals surface area contributed by atoms with Gasteiger partial charge in [-0.25, -0.2) is 0 Å². The molecular formula is C13H23BrNO4P. The van der Waals surface area contributed by atoms with E-state index in [0.29, 0.717) is 13.0 Å². The van der Waals surface area contributed by atoms with E-state index in [-0.39, 0.29) is 17.0 Å². The Morgan fingerprint density at radius 2 is 1.70 bits per heavy atom. The Balaban J connectivity index is 0.00000361. The molecule has 7 heteroatoms. The SMILES string of the molecule is Br.N[C@H](CCCCCCOc1ccccc1)P(=O)(O)O. The molecule has 0 fully saturated rings. The molecule has 1 atom stereocenters. The van der Waals surface area contributed by atoms with Crippen molar-refractivity contribution < 1.29 is 19.1 Å². The molecule has 0 radical (unpaired) electrons. The first kappa shape index (κ1) is 19.6. The summed E-state index contributed by atoms with van der Waals surface area (Å²) in [5, 5.41) is 0. The highest BCUT2D eigenvalue weighted by atomic mass is 79.9. The Bertz CT molecular complexity index is 399. The Morgan fingerprint density at radius 3 is 2.30 bits per heavy atom. The van der Waals surface area contributed by atoms with E-state index in [2.05, 4.69) is 0 Å². The van der Waals surface area contributed by atoms with Crippen molar-refractivity contribution in [2.45, 2.75) is 37.9 Å². The number of unbranched alkanes of at least 4 members (excludes halogenated alkanes) is 3. The second-order valence-electron chi connectivity index (χ2n) is 4.52. The summed E-state index contributed by atoms with van der Waals surface area (Å²) >= 11 is 0. The van der Waals surface area contributed by atoms with Gasteiger partial charge in [0.2, 0.25) is 0 Å². The first-order valence-electron chi connectivity index (χ1n) is 6.49. The molecule has 116 valence electrons. The first-order valence-corrected chi connectivity index (χ1v) is 8.17. The van der Waals surface area contributed by atoms with Crippen LogP contribution in [0.15, 0.2) is 30.3 Å². The van der Waals surface area contributed by atoms with Gasteiger partial charge in [0.1, 0.15) is 11.5 Å². The predicted molar refractivity (Wildman–Crippen MR) is 85.4 cm³/mol. The summed E-state index contributed by atoms with van der Waals surface area (Å²) < 4.78 is 16.3. The average molecular weight is 368 g/mol. The second kappa shape index (κ2) is 10.4. The Kier molecular flexibility index (Phi) is 10.2. The molecular weight excluding hydrogens is 345 g/mol. The summed E-state index contributed by atoms with van der Waals surface area (Å²) in [5.74, 6) is -0.154. The quantitative estimate of drug-likeness (QED) is 0.460. The van der Waals surface area contributed by atoms with Crippen LogP contribution < -0.4 is 10.5 Å². The monoisotopic (exact) mass is 367 g/mol. The number of para-hydroxylation sites is 1. The third kappa shape index (κ3) is 8.72. The molecule has 0 amide bonds. The third-order valence-corrected chi connectivity index (χ3v) is 3.96. The van der Waals surface area contributed by atoms with Crippen molar-refractivity contribution in [1.29, 1.82) is 0 Å². The lowest BCUT2D eigenvalue weighted by molar-refractivity contribution is 0.303. The number of benzene rings is 1. The van der Waals surface area contributed by atoms with Crippen LogP contribution in [0.2, 0.25) is 0 Å². The molecule has 0 aliphatic rings. The first-order chi connectivity index (χ1) is 9.00. The zero-order chi connectivity index (χ0) is 14.1. The molecule has 4 N–H and O–H groups in total. The zero-order valence-electron chi connectivity index (χ0n) is 11.4. The van der Waals surface area contributed by atoms with Crippen molar-refractivity contribution in [3.8, 4) is 5.75 Å². The molecule has 0 unspecified atom stereocenters. The van der Waals surface area contributed by atoms with Crippen molar-refractivity contribution in [3.05, 3.63) is 30.3 Å². The lowest BCUT2D eigenvalue weighted by atomic mass is 10.1. The average Bonchev–Trinajstić information content (AvgIpc) is 2.37. The minimum Gasteiger partial charge on any atom is -0.494 e. The van der Waals surface area contributed by atoms with Crippen molar-refractivity contribution in [2.75, 3.05) is 6.61 Å². The second-order valence-corrected chi connectivity index (χ2v) is 6.36. The van der Waals surface area contributed by atoms with Gasteiger partial charge in [0.15, 0.2) is 0 Å². The molecule has 0 spiro atoms. The van der Waals surface area contributed by atoms with E-state index in [1.165, 1.54) is 0 Å². The molecule has 1 aromatic rings. The van der Waals surface area contributed by atoms with Gasteiger partial charge in [-0.1, -0.05) is 37.5 Å². The van der Waals surface area contributed by atoms with Crippen LogP contribution in [0.5, 0.6) is 5.75 Å². The number of hydrogen-bond acceptors (Lipinski definition) is 3. The highest BCUT2D eigenvalue weighted by molar-refractivity contribution is 8.93. The maximum atomic E-state index is 10.8. The lowest BCUT2D eigenvalue weighted by Gasteiger charge is -2.12. The largest absolute Gasteiger partial charge is 0.494 e. The van der Waals surface area contributed by atoms with Crippen LogP contribution in [0.1, 0.15) is 32.1 Å². The van der Waals surface area contributed by atoms with E-state index in [4.69, 9.17) is 20.3 Å². The van der Waals surface area contributed by atoms with E-state index in [0.717, 1.165) is 31.4 Å². The number of nitrogens with two attached hydrogens (primary N) is 1. The smallest absolute Gasteiger partial charge is 0.342 e. The summed E-state index contributed by atoms with van der Waals surface area (Å²) in [6, 6.07) is 9.63. The Morgan fingerprint density at radius 1 is 1.10 bits per heavy atom. The van der Waals surface area contributed by atoms with Gasteiger partial charge in [0, 0.05) is 0 Å². The maximum absolute atomic E-state index is 10.8. The lowest BCUT2D eigenvalue weighted by Crippen LogP contribution is -2.19. The van der Waals surface area contributed by atoms with Crippen molar-refractivity contribution in [3.63, 3.8) is 0 Å². The fraction of sp³-hybridized carbons (Fsp3) is 0.538. The van der Waals surface area contributed by atoms with Gasteiger partial charge < -0.3 is 20.3 Å². The molecule has 0 heterocycles. The summed E-state index contributed by atoms with van der Waals surface area (Å²) in [6.45, 7) is 0.661. The molecule has 0 aliphatic heterocycles. The van der Waals surface area contributed by atoms with Crippen LogP contribution in [-0.2, 0) is 4.57 Å². The predicted octanol–water partition coefficient (Wildman–Crippen LogP) is 3.06. The molecule has 0 aromatic heterocycles. The third-order valence-electron chi connectivity index (χ3n) is 2.84. The van der Waals surface area contributed by atoms with Crippen LogP contribution in [0.25, 0.3) is 0 Å². The summed E-state index contributed by atoms with van der Waals surface area (Å²) in [5.41, 5.74) is 5.38. The van der Waals surface area contributed by atoms with Gasteiger partial charge in [-0.3, -0.25) is 4.57 Å². The highest BCUT2D eigenvalue weighted by Gasteiger charge is 2.23. The van der Waals surface area contributed by atoms with Crippen molar-refractivity contribution in [1.82, 2.24) is 0 Å². The Labute approximate surface area is 130 Å². The minimum absolute atomic E-state index is 0. The summed E-state index contributed by atoms with van der Waals surface area (Å²) in [6.07, 6.45) is 3.91. The van der Waals surface area contributed by atoms with Crippen LogP contribution in [0.4, 0.5) is 0 Å². The van der Waals surface area contributed by atoms with Gasteiger partial charge in [0.05, 0.1) is 6.61 Å². The summed E-state index contributed by atoms with van der Waals surface area (Å²) in [4.78, 5) is 17.6. The molecule has 20 heavy (non-hydrogen) atoms. The zero-order valence-corrected chi connectivity index (χ0v) is 14.0. The molecule has 5 nitrogen and oxygen atoms in total. The molecule has 0 saturated carbocycles. The number of ether oxygens (including phenoxy) is 1. The highest BCUT2D eigenvalue weighted by Crippen LogP contribution is 2.40. The van der Waals surface area contributed by atoms with Crippen LogP contribution >= 0.6 is 24.6 Å². The Hall–Kier alpha value is -0.390. The van der Waals surface area contributed by atoms with Gasteiger partial charge in [-0.15, -0.1) is 17.0 Å². The van der Waals surface area contributed by atoms with Crippen molar-refractivity contribution in [2.24, 2.45) is 5.73 Å². The van der Waals surface area contributed by atoms with Crippen LogP contribution in [0, 0.1) is 0 Å². The van der Waals surface area contributed by atoms with Crippen LogP contribution in [0.3, 0.4) is 0 Å². The van der Waals surface area contributed by atoms with Gasteiger partial charge >= 0.3 is 7.60 Å². The molecule has 0 aliphatic carbocycles. The van der Waals surface area contributed by atoms with E-state index >= 15 is 0 Å². The molecule has 1 rings (SSSR count). The minimum atomic E-state index is -4.11. The molecule has 0 saturated heterocycles. The van der Waals surface area contributed by atoms with Crippen LogP contribution in [-0.4, -0.2) is 22.2 Å². The number of halogens is 1. The van der Waals surface area contributed by atoms with E-state index < -0.39 is 13.4 Å². The fourth-order valence-electron chi connectivity index (χ4n) is 1.68. The van der Waals surface area contributed by atoms with E-state index in [1.807, 2.05) is 30.3 Å². The maximum Gasteiger partial charge on any atom is 0.342 e. The fourth-order valence-corrected chi connectivity index (χ4v) is 2.20. The van der Waals surface area contributed by atoms with E-state index in [1.54, 1.807) is 0 Å². The van der Waals surface area contributed by atoms with Crippen molar-refractivity contribution >= 4 is 24.6 Å². The summed E-state index contributed by atoms with van der Waals surface area (Å²) in [7, 11) is -4.11. The topological polar surface area (TPSA) is 92.8 Å². The van der Waals surface area contributed by atoms with E-state index in [9.17, 15) is 4.57 Å². The van der Waals surface area contributed by atoms with Gasteiger partial charge in [0.25, 0.3) is 0 Å².